The Kier molecular flexibility index (Phi) is 5.71. The lowest BCUT2D eigenvalue weighted by molar-refractivity contribution is 0.0600. The van der Waals surface area contributed by atoms with Crippen LogP contribution in [0.2, 0.25) is 0 Å². The zero-order valence-corrected chi connectivity index (χ0v) is 15.6. The minimum atomic E-state index is -0.378. The summed E-state index contributed by atoms with van der Waals surface area (Å²) >= 11 is 1.64. The Bertz CT molecular complexity index is 735. The van der Waals surface area contributed by atoms with Gasteiger partial charge in [0.25, 0.3) is 0 Å². The van der Waals surface area contributed by atoms with Gasteiger partial charge in [-0.25, -0.2) is 9.78 Å². The highest BCUT2D eigenvalue weighted by atomic mass is 32.1. The van der Waals surface area contributed by atoms with E-state index >= 15 is 0 Å². The highest BCUT2D eigenvalue weighted by Crippen LogP contribution is 2.32. The van der Waals surface area contributed by atoms with Crippen LogP contribution in [0.15, 0.2) is 24.4 Å². The fourth-order valence-corrected chi connectivity index (χ4v) is 3.56. The zero-order valence-electron chi connectivity index (χ0n) is 14.8. The standard InChI is InChI=1S/C19H23NO4S/c1-12(2)17-9-20-18(25-17)14-6-15(19(21)22-3)8-16(7-14)24-11-13-4-5-23-10-13/h6-9,12-13H,4-5,10-11H2,1-3H3/t13-/m0/s1. The molecule has 0 unspecified atom stereocenters. The van der Waals surface area contributed by atoms with Gasteiger partial charge in [0.1, 0.15) is 10.8 Å². The quantitative estimate of drug-likeness (QED) is 0.724. The predicted octanol–water partition coefficient (Wildman–Crippen LogP) is 4.14. The smallest absolute Gasteiger partial charge is 0.338 e. The molecular formula is C19H23NO4S. The minimum absolute atomic E-state index is 0.378. The Hall–Kier alpha value is -1.92. The van der Waals surface area contributed by atoms with Crippen LogP contribution in [0.25, 0.3) is 10.6 Å². The number of nitrogens with zero attached hydrogens (tertiary/aromatic N) is 1. The summed E-state index contributed by atoms with van der Waals surface area (Å²) < 4.78 is 16.2. The molecule has 1 fully saturated rings. The van der Waals surface area contributed by atoms with Gasteiger partial charge in [-0.1, -0.05) is 13.8 Å². The van der Waals surface area contributed by atoms with Gasteiger partial charge in [-0.05, 0) is 30.5 Å². The molecule has 0 spiro atoms. The first-order valence-corrected chi connectivity index (χ1v) is 9.28. The van der Waals surface area contributed by atoms with Crippen LogP contribution in [-0.4, -0.2) is 37.9 Å². The normalized spacial score (nSPS) is 17.0. The van der Waals surface area contributed by atoms with Crippen LogP contribution in [0.3, 0.4) is 0 Å². The molecule has 0 bridgehead atoms. The number of carbonyl (C=O) groups excluding carboxylic acids is 1. The number of rotatable bonds is 6. The molecule has 5 nitrogen and oxygen atoms in total. The topological polar surface area (TPSA) is 57.7 Å². The molecule has 1 aliphatic heterocycles. The summed E-state index contributed by atoms with van der Waals surface area (Å²) in [6.07, 6.45) is 2.90. The summed E-state index contributed by atoms with van der Waals surface area (Å²) in [7, 11) is 1.38. The monoisotopic (exact) mass is 361 g/mol. The molecule has 1 aromatic carbocycles. The van der Waals surface area contributed by atoms with Crippen LogP contribution in [0, 0.1) is 5.92 Å². The van der Waals surface area contributed by atoms with Gasteiger partial charge in [-0.15, -0.1) is 11.3 Å². The number of hydrogen-bond donors (Lipinski definition) is 0. The second-order valence-corrected chi connectivity index (χ2v) is 7.56. The number of thiazole rings is 1. The van der Waals surface area contributed by atoms with Gasteiger partial charge in [0.15, 0.2) is 0 Å². The van der Waals surface area contributed by atoms with E-state index in [0.717, 1.165) is 30.2 Å². The molecule has 0 N–H and O–H groups in total. The average Bonchev–Trinajstić information content (AvgIpc) is 3.30. The third-order valence-corrected chi connectivity index (χ3v) is 5.52. The lowest BCUT2D eigenvalue weighted by Crippen LogP contribution is -2.12. The number of ether oxygens (including phenoxy) is 3. The van der Waals surface area contributed by atoms with Crippen LogP contribution in [-0.2, 0) is 9.47 Å². The number of esters is 1. The zero-order chi connectivity index (χ0) is 17.8. The second-order valence-electron chi connectivity index (χ2n) is 6.50. The fourth-order valence-electron chi connectivity index (χ4n) is 2.66. The summed E-state index contributed by atoms with van der Waals surface area (Å²) in [4.78, 5) is 17.7. The summed E-state index contributed by atoms with van der Waals surface area (Å²) in [5.41, 5.74) is 1.34. The predicted molar refractivity (Wildman–Crippen MR) is 97.4 cm³/mol. The Morgan fingerprint density at radius 1 is 1.40 bits per heavy atom. The van der Waals surface area contributed by atoms with E-state index in [4.69, 9.17) is 14.2 Å². The van der Waals surface area contributed by atoms with E-state index in [1.54, 1.807) is 23.5 Å². The highest BCUT2D eigenvalue weighted by molar-refractivity contribution is 7.15. The van der Waals surface area contributed by atoms with Crippen molar-refractivity contribution in [1.82, 2.24) is 4.98 Å². The van der Waals surface area contributed by atoms with Gasteiger partial charge in [-0.2, -0.15) is 0 Å². The minimum Gasteiger partial charge on any atom is -0.493 e. The van der Waals surface area contributed by atoms with Crippen molar-refractivity contribution in [1.29, 1.82) is 0 Å². The molecule has 1 aromatic heterocycles. The molecule has 0 aliphatic carbocycles. The highest BCUT2D eigenvalue weighted by Gasteiger charge is 2.18. The molecule has 2 heterocycles. The molecule has 0 saturated carbocycles. The maximum atomic E-state index is 12.0. The van der Waals surface area contributed by atoms with E-state index in [1.807, 2.05) is 12.3 Å². The summed E-state index contributed by atoms with van der Waals surface area (Å²) in [6, 6.07) is 5.47. The number of carbonyl (C=O) groups is 1. The molecule has 25 heavy (non-hydrogen) atoms. The maximum absolute atomic E-state index is 12.0. The molecule has 0 radical (unpaired) electrons. The van der Waals surface area contributed by atoms with Crippen molar-refractivity contribution in [2.45, 2.75) is 26.2 Å². The Morgan fingerprint density at radius 2 is 2.24 bits per heavy atom. The van der Waals surface area contributed by atoms with E-state index in [-0.39, 0.29) is 5.97 Å². The van der Waals surface area contributed by atoms with Crippen molar-refractivity contribution in [3.05, 3.63) is 34.8 Å². The second kappa shape index (κ2) is 7.97. The van der Waals surface area contributed by atoms with Gasteiger partial charge >= 0.3 is 5.97 Å². The molecule has 1 atom stereocenters. The van der Waals surface area contributed by atoms with Crippen molar-refractivity contribution in [3.8, 4) is 16.3 Å². The summed E-state index contributed by atoms with van der Waals surface area (Å²) in [6.45, 7) is 6.38. The van der Waals surface area contributed by atoms with Gasteiger partial charge in [-0.3, -0.25) is 0 Å². The lowest BCUT2D eigenvalue weighted by atomic mass is 10.1. The van der Waals surface area contributed by atoms with Crippen molar-refractivity contribution < 1.29 is 19.0 Å². The number of hydrogen-bond acceptors (Lipinski definition) is 6. The van der Waals surface area contributed by atoms with E-state index < -0.39 is 0 Å². The molecule has 1 aliphatic rings. The summed E-state index contributed by atoms with van der Waals surface area (Å²) in [5.74, 6) is 1.11. The Balaban J connectivity index is 1.87. The molecule has 6 heteroatoms. The van der Waals surface area contributed by atoms with Crippen LogP contribution in [0.5, 0.6) is 5.75 Å². The lowest BCUT2D eigenvalue weighted by Gasteiger charge is -2.12. The third-order valence-electron chi connectivity index (χ3n) is 4.18. The van der Waals surface area contributed by atoms with Gasteiger partial charge in [0.2, 0.25) is 0 Å². The average molecular weight is 361 g/mol. The van der Waals surface area contributed by atoms with Gasteiger partial charge in [0.05, 0.1) is 25.9 Å². The van der Waals surface area contributed by atoms with E-state index in [0.29, 0.717) is 29.8 Å². The van der Waals surface area contributed by atoms with E-state index in [2.05, 4.69) is 18.8 Å². The van der Waals surface area contributed by atoms with Crippen molar-refractivity contribution >= 4 is 17.3 Å². The first kappa shape index (κ1) is 17.9. The number of aromatic nitrogens is 1. The van der Waals surface area contributed by atoms with Crippen LogP contribution in [0.4, 0.5) is 0 Å². The van der Waals surface area contributed by atoms with Crippen LogP contribution in [0.1, 0.15) is 41.4 Å². The van der Waals surface area contributed by atoms with E-state index in [1.165, 1.54) is 12.0 Å². The first-order valence-electron chi connectivity index (χ1n) is 8.47. The third kappa shape index (κ3) is 4.38. The summed E-state index contributed by atoms with van der Waals surface area (Å²) in [5, 5.41) is 0.878. The SMILES string of the molecule is COC(=O)c1cc(OC[C@H]2CCOC2)cc(-c2ncc(C(C)C)s2)c1. The van der Waals surface area contributed by atoms with Crippen molar-refractivity contribution in [3.63, 3.8) is 0 Å². The van der Waals surface area contributed by atoms with E-state index in [9.17, 15) is 4.79 Å². The largest absolute Gasteiger partial charge is 0.493 e. The molecule has 2 aromatic rings. The van der Waals surface area contributed by atoms with Gasteiger partial charge in [0, 0.05) is 29.2 Å². The van der Waals surface area contributed by atoms with Crippen LogP contribution < -0.4 is 4.74 Å². The molecular weight excluding hydrogens is 338 g/mol. The molecule has 1 saturated heterocycles. The fraction of sp³-hybridized carbons (Fsp3) is 0.474. The Labute approximate surface area is 151 Å². The first-order chi connectivity index (χ1) is 12.1. The van der Waals surface area contributed by atoms with Crippen molar-refractivity contribution in [2.75, 3.05) is 26.9 Å². The molecule has 0 amide bonds. The molecule has 134 valence electrons. The Morgan fingerprint density at radius 3 is 2.88 bits per heavy atom. The number of methoxy groups -OCH3 is 1. The molecule has 3 rings (SSSR count). The number of benzene rings is 1. The van der Waals surface area contributed by atoms with Gasteiger partial charge < -0.3 is 14.2 Å². The van der Waals surface area contributed by atoms with Crippen LogP contribution >= 0.6 is 11.3 Å². The maximum Gasteiger partial charge on any atom is 0.338 e. The van der Waals surface area contributed by atoms with Crippen molar-refractivity contribution in [2.24, 2.45) is 5.92 Å².